The van der Waals surface area contributed by atoms with Crippen molar-refractivity contribution in [2.75, 3.05) is 6.61 Å². The molecule has 1 heterocycles. The Balaban J connectivity index is 2.41. The summed E-state index contributed by atoms with van der Waals surface area (Å²) in [6.45, 7) is 4.47. The minimum atomic E-state index is 0.193. The number of hydrogen-bond donors (Lipinski definition) is 1. The molecule has 1 N–H and O–H groups in total. The summed E-state index contributed by atoms with van der Waals surface area (Å²) in [6, 6.07) is 0.797. The highest BCUT2D eigenvalue weighted by Crippen LogP contribution is 2.23. The minimum Gasteiger partial charge on any atom is -0.396 e. The molecule has 3 heteroatoms. The van der Waals surface area contributed by atoms with Crippen LogP contribution in [0.15, 0.2) is 0 Å². The number of hydrogen-bond acceptors (Lipinski definition) is 2. The van der Waals surface area contributed by atoms with Crippen molar-refractivity contribution in [1.82, 2.24) is 4.90 Å². The topological polar surface area (TPSA) is 40.5 Å². The van der Waals surface area contributed by atoms with Crippen LogP contribution in [0.25, 0.3) is 0 Å². The Morgan fingerprint density at radius 2 is 1.87 bits per heavy atom. The van der Waals surface area contributed by atoms with Crippen LogP contribution in [0.5, 0.6) is 0 Å². The Bertz CT molecular complexity index is 196. The standard InChI is InChI=1S/C12H23NO2/c1-10-6-5-7-11(2)13(10)12(15)8-3-4-9-14/h10-11,14H,3-9H2,1-2H3/t10-,11+. The fourth-order valence-electron chi connectivity index (χ4n) is 2.43. The molecule has 88 valence electrons. The first-order chi connectivity index (χ1) is 7.16. The lowest BCUT2D eigenvalue weighted by atomic mass is 9.97. The quantitative estimate of drug-likeness (QED) is 0.725. The highest BCUT2D eigenvalue weighted by Gasteiger charge is 2.27. The van der Waals surface area contributed by atoms with Gasteiger partial charge in [-0.15, -0.1) is 0 Å². The smallest absolute Gasteiger partial charge is 0.223 e. The van der Waals surface area contributed by atoms with E-state index in [9.17, 15) is 4.79 Å². The van der Waals surface area contributed by atoms with Crippen LogP contribution in [-0.2, 0) is 4.79 Å². The van der Waals surface area contributed by atoms with E-state index in [1.54, 1.807) is 0 Å². The van der Waals surface area contributed by atoms with E-state index in [0.717, 1.165) is 25.7 Å². The van der Waals surface area contributed by atoms with E-state index in [0.29, 0.717) is 18.5 Å². The lowest BCUT2D eigenvalue weighted by Crippen LogP contribution is -2.47. The van der Waals surface area contributed by atoms with Gasteiger partial charge in [-0.2, -0.15) is 0 Å². The summed E-state index contributed by atoms with van der Waals surface area (Å²) in [4.78, 5) is 14.0. The van der Waals surface area contributed by atoms with Crippen LogP contribution >= 0.6 is 0 Å². The van der Waals surface area contributed by atoms with Crippen molar-refractivity contribution in [3.63, 3.8) is 0 Å². The predicted octanol–water partition coefficient (Wildman–Crippen LogP) is 1.94. The normalized spacial score (nSPS) is 26.7. The maximum Gasteiger partial charge on any atom is 0.223 e. The second-order valence-electron chi connectivity index (χ2n) is 4.61. The number of unbranched alkanes of at least 4 members (excludes halogenated alkanes) is 1. The fourth-order valence-corrected chi connectivity index (χ4v) is 2.43. The summed E-state index contributed by atoms with van der Waals surface area (Å²) < 4.78 is 0. The third-order valence-electron chi connectivity index (χ3n) is 3.28. The van der Waals surface area contributed by atoms with Gasteiger partial charge in [0.15, 0.2) is 0 Å². The van der Waals surface area contributed by atoms with Gasteiger partial charge in [0.25, 0.3) is 0 Å². The maximum atomic E-state index is 11.9. The second kappa shape index (κ2) is 6.11. The molecule has 2 atom stereocenters. The van der Waals surface area contributed by atoms with Gasteiger partial charge in [0.05, 0.1) is 0 Å². The maximum absolute atomic E-state index is 11.9. The predicted molar refractivity (Wildman–Crippen MR) is 60.6 cm³/mol. The summed E-state index contributed by atoms with van der Waals surface area (Å²) in [7, 11) is 0. The number of aliphatic hydroxyl groups is 1. The third kappa shape index (κ3) is 3.49. The largest absolute Gasteiger partial charge is 0.396 e. The van der Waals surface area contributed by atoms with Crippen molar-refractivity contribution < 1.29 is 9.90 Å². The first kappa shape index (κ1) is 12.5. The van der Waals surface area contributed by atoms with Gasteiger partial charge < -0.3 is 10.0 Å². The molecule has 1 aliphatic heterocycles. The molecule has 1 amide bonds. The van der Waals surface area contributed by atoms with E-state index < -0.39 is 0 Å². The van der Waals surface area contributed by atoms with Crippen molar-refractivity contribution in [3.05, 3.63) is 0 Å². The lowest BCUT2D eigenvalue weighted by molar-refractivity contribution is -0.137. The van der Waals surface area contributed by atoms with Crippen LogP contribution in [-0.4, -0.2) is 34.6 Å². The number of likely N-dealkylation sites (tertiary alicyclic amines) is 1. The summed E-state index contributed by atoms with van der Waals surface area (Å²) in [5.74, 6) is 0.267. The molecule has 1 fully saturated rings. The van der Waals surface area contributed by atoms with Gasteiger partial charge in [-0.05, 0) is 46.0 Å². The van der Waals surface area contributed by atoms with Gasteiger partial charge in [0.2, 0.25) is 5.91 Å². The molecule has 0 radical (unpaired) electrons. The van der Waals surface area contributed by atoms with Crippen LogP contribution in [0, 0.1) is 0 Å². The number of piperidine rings is 1. The molecule has 0 bridgehead atoms. The Morgan fingerprint density at radius 3 is 2.40 bits per heavy atom. The average molecular weight is 213 g/mol. The SMILES string of the molecule is C[C@@H]1CCC[C@H](C)N1C(=O)CCCCO. The Labute approximate surface area is 92.5 Å². The van der Waals surface area contributed by atoms with Crippen molar-refractivity contribution >= 4 is 5.91 Å². The highest BCUT2D eigenvalue weighted by molar-refractivity contribution is 5.76. The van der Waals surface area contributed by atoms with Gasteiger partial charge in [-0.1, -0.05) is 0 Å². The van der Waals surface area contributed by atoms with Crippen molar-refractivity contribution in [2.45, 2.75) is 64.5 Å². The molecule has 0 aromatic rings. The second-order valence-corrected chi connectivity index (χ2v) is 4.61. The summed E-state index contributed by atoms with van der Waals surface area (Å²) in [6.07, 6.45) is 5.65. The average Bonchev–Trinajstić information content (AvgIpc) is 2.18. The molecule has 3 nitrogen and oxygen atoms in total. The molecule has 1 aliphatic rings. The molecule has 1 saturated heterocycles. The van der Waals surface area contributed by atoms with E-state index in [1.807, 2.05) is 4.90 Å². The number of carbonyl (C=O) groups excluding carboxylic acids is 1. The highest BCUT2D eigenvalue weighted by atomic mass is 16.3. The van der Waals surface area contributed by atoms with E-state index in [4.69, 9.17) is 5.11 Å². The molecule has 0 spiro atoms. The van der Waals surface area contributed by atoms with Crippen LogP contribution in [0.3, 0.4) is 0 Å². The molecule has 0 aromatic heterocycles. The van der Waals surface area contributed by atoms with Crippen LogP contribution in [0.2, 0.25) is 0 Å². The van der Waals surface area contributed by atoms with Gasteiger partial charge in [-0.25, -0.2) is 0 Å². The number of carbonyl (C=O) groups is 1. The Morgan fingerprint density at radius 1 is 1.27 bits per heavy atom. The molecule has 0 unspecified atom stereocenters. The minimum absolute atomic E-state index is 0.193. The van der Waals surface area contributed by atoms with Gasteiger partial charge in [0, 0.05) is 25.1 Å². The molecule has 15 heavy (non-hydrogen) atoms. The zero-order valence-electron chi connectivity index (χ0n) is 9.91. The Kier molecular flexibility index (Phi) is 5.09. The molecular weight excluding hydrogens is 190 g/mol. The van der Waals surface area contributed by atoms with E-state index >= 15 is 0 Å². The van der Waals surface area contributed by atoms with E-state index in [2.05, 4.69) is 13.8 Å². The lowest BCUT2D eigenvalue weighted by Gasteiger charge is -2.39. The van der Waals surface area contributed by atoms with Gasteiger partial charge >= 0.3 is 0 Å². The molecule has 0 aliphatic carbocycles. The Hall–Kier alpha value is -0.570. The van der Waals surface area contributed by atoms with Crippen LogP contribution in [0.4, 0.5) is 0 Å². The zero-order valence-corrected chi connectivity index (χ0v) is 9.91. The van der Waals surface area contributed by atoms with E-state index in [1.165, 1.54) is 6.42 Å². The number of rotatable bonds is 4. The number of amides is 1. The summed E-state index contributed by atoms with van der Waals surface area (Å²) in [5.41, 5.74) is 0. The molecular formula is C12H23NO2. The number of nitrogens with zero attached hydrogens (tertiary/aromatic N) is 1. The van der Waals surface area contributed by atoms with Crippen molar-refractivity contribution in [2.24, 2.45) is 0 Å². The van der Waals surface area contributed by atoms with Gasteiger partial charge in [-0.3, -0.25) is 4.79 Å². The summed E-state index contributed by atoms with van der Waals surface area (Å²) >= 11 is 0. The van der Waals surface area contributed by atoms with Crippen molar-refractivity contribution in [3.8, 4) is 0 Å². The van der Waals surface area contributed by atoms with E-state index in [-0.39, 0.29) is 12.5 Å². The molecule has 0 saturated carbocycles. The van der Waals surface area contributed by atoms with Crippen molar-refractivity contribution in [1.29, 1.82) is 0 Å². The summed E-state index contributed by atoms with van der Waals surface area (Å²) in [5, 5.41) is 8.67. The first-order valence-corrected chi connectivity index (χ1v) is 6.09. The van der Waals surface area contributed by atoms with Gasteiger partial charge in [0.1, 0.15) is 0 Å². The monoisotopic (exact) mass is 213 g/mol. The fraction of sp³-hybridized carbons (Fsp3) is 0.917. The third-order valence-corrected chi connectivity index (χ3v) is 3.28. The molecule has 0 aromatic carbocycles. The first-order valence-electron chi connectivity index (χ1n) is 6.09. The molecule has 1 rings (SSSR count). The zero-order chi connectivity index (χ0) is 11.3. The van der Waals surface area contributed by atoms with Crippen LogP contribution in [0.1, 0.15) is 52.4 Å². The van der Waals surface area contributed by atoms with Crippen LogP contribution < -0.4 is 0 Å². The number of aliphatic hydroxyl groups excluding tert-OH is 1.